The van der Waals surface area contributed by atoms with Crippen LogP contribution in [-0.4, -0.2) is 22.6 Å². The van der Waals surface area contributed by atoms with E-state index in [9.17, 15) is 13.2 Å². The Hall–Kier alpha value is -1.17. The number of halogens is 3. The lowest BCUT2D eigenvalue weighted by molar-refractivity contribution is -0.141. The predicted octanol–water partition coefficient (Wildman–Crippen LogP) is 3.45. The lowest BCUT2D eigenvalue weighted by atomic mass is 9.84. The molecule has 3 nitrogen and oxygen atoms in total. The fourth-order valence-corrected chi connectivity index (χ4v) is 1.84. The van der Waals surface area contributed by atoms with Crippen LogP contribution >= 0.6 is 0 Å². The highest BCUT2D eigenvalue weighted by Crippen LogP contribution is 2.28. The van der Waals surface area contributed by atoms with Crippen LogP contribution in [0.1, 0.15) is 45.6 Å². The third-order valence-electron chi connectivity index (χ3n) is 3.07. The Morgan fingerprint density at radius 3 is 2.40 bits per heavy atom. The van der Waals surface area contributed by atoms with Crippen molar-refractivity contribution in [3.05, 3.63) is 23.8 Å². The summed E-state index contributed by atoms with van der Waals surface area (Å²) >= 11 is 0. The topological polar surface area (TPSA) is 37.8 Å². The summed E-state index contributed by atoms with van der Waals surface area (Å²) < 4.78 is 37.9. The van der Waals surface area contributed by atoms with Gasteiger partial charge in [0.05, 0.1) is 0 Å². The third kappa shape index (κ3) is 5.07. The van der Waals surface area contributed by atoms with Gasteiger partial charge >= 0.3 is 6.18 Å². The summed E-state index contributed by atoms with van der Waals surface area (Å²) in [6, 6.07) is 0.931. The fourth-order valence-electron chi connectivity index (χ4n) is 1.84. The summed E-state index contributed by atoms with van der Waals surface area (Å²) in [5, 5.41) is 3.35. The van der Waals surface area contributed by atoms with E-state index >= 15 is 0 Å². The minimum absolute atomic E-state index is 0.0333. The summed E-state index contributed by atoms with van der Waals surface area (Å²) in [6.45, 7) is 9.02. The molecular weight excluding hydrogens is 267 g/mol. The van der Waals surface area contributed by atoms with Crippen molar-refractivity contribution >= 4 is 0 Å². The highest BCUT2D eigenvalue weighted by atomic mass is 19.4. The number of nitrogens with one attached hydrogen (secondary N) is 1. The van der Waals surface area contributed by atoms with E-state index in [-0.39, 0.29) is 17.3 Å². The van der Waals surface area contributed by atoms with Gasteiger partial charge in [-0.1, -0.05) is 27.7 Å². The molecule has 1 N–H and O–H groups in total. The van der Waals surface area contributed by atoms with Gasteiger partial charge in [-0.25, -0.2) is 9.97 Å². The molecule has 1 heterocycles. The second kappa shape index (κ2) is 6.52. The van der Waals surface area contributed by atoms with Crippen LogP contribution in [0.2, 0.25) is 0 Å². The van der Waals surface area contributed by atoms with E-state index in [1.54, 1.807) is 0 Å². The van der Waals surface area contributed by atoms with Crippen molar-refractivity contribution in [3.8, 4) is 0 Å². The first-order valence-corrected chi connectivity index (χ1v) is 6.77. The zero-order valence-electron chi connectivity index (χ0n) is 12.4. The van der Waals surface area contributed by atoms with Crippen LogP contribution in [0.3, 0.4) is 0 Å². The van der Waals surface area contributed by atoms with Gasteiger partial charge in [0.1, 0.15) is 11.5 Å². The molecule has 1 aromatic heterocycles. The van der Waals surface area contributed by atoms with E-state index in [2.05, 4.69) is 15.3 Å². The van der Waals surface area contributed by atoms with E-state index in [1.807, 2.05) is 27.7 Å². The minimum Gasteiger partial charge on any atom is -0.313 e. The largest absolute Gasteiger partial charge is 0.433 e. The molecule has 0 fully saturated rings. The van der Waals surface area contributed by atoms with Gasteiger partial charge in [0.2, 0.25) is 0 Å². The normalized spacial score (nSPS) is 14.3. The Morgan fingerprint density at radius 1 is 1.25 bits per heavy atom. The third-order valence-corrected chi connectivity index (χ3v) is 3.07. The molecule has 1 aromatic rings. The molecule has 0 amide bonds. The maximum absolute atomic E-state index is 12.6. The number of aromatic nitrogens is 2. The Kier molecular flexibility index (Phi) is 5.50. The van der Waals surface area contributed by atoms with Gasteiger partial charge in [-0.3, -0.25) is 0 Å². The Bertz CT molecular complexity index is 424. The summed E-state index contributed by atoms with van der Waals surface area (Å²) in [4.78, 5) is 7.59. The molecular formula is C14H22F3N3. The molecule has 1 unspecified atom stereocenters. The predicted molar refractivity (Wildman–Crippen MR) is 72.3 cm³/mol. The molecule has 20 heavy (non-hydrogen) atoms. The maximum atomic E-state index is 12.6. The summed E-state index contributed by atoms with van der Waals surface area (Å²) in [5.41, 5.74) is -0.960. The Morgan fingerprint density at radius 2 is 1.90 bits per heavy atom. The average molecular weight is 289 g/mol. The first-order chi connectivity index (χ1) is 9.14. The van der Waals surface area contributed by atoms with E-state index in [1.165, 1.54) is 6.20 Å². The molecule has 0 aliphatic heterocycles. The second-order valence-corrected chi connectivity index (χ2v) is 5.93. The van der Waals surface area contributed by atoms with Gasteiger partial charge in [0, 0.05) is 18.7 Å². The van der Waals surface area contributed by atoms with Gasteiger partial charge in [-0.05, 0) is 24.4 Å². The van der Waals surface area contributed by atoms with Gasteiger partial charge in [0.25, 0.3) is 0 Å². The number of hydrogen-bond acceptors (Lipinski definition) is 3. The van der Waals surface area contributed by atoms with E-state index in [0.29, 0.717) is 6.42 Å². The van der Waals surface area contributed by atoms with E-state index < -0.39 is 11.9 Å². The Labute approximate surface area is 118 Å². The number of nitrogens with zero attached hydrogens (tertiary/aromatic N) is 2. The van der Waals surface area contributed by atoms with Crippen molar-refractivity contribution in [2.75, 3.05) is 6.54 Å². The van der Waals surface area contributed by atoms with Crippen LogP contribution in [0.25, 0.3) is 0 Å². The molecule has 0 saturated carbocycles. The highest BCUT2D eigenvalue weighted by Gasteiger charge is 2.33. The van der Waals surface area contributed by atoms with Crippen molar-refractivity contribution in [2.45, 2.75) is 52.8 Å². The van der Waals surface area contributed by atoms with E-state index in [4.69, 9.17) is 0 Å². The van der Waals surface area contributed by atoms with Crippen LogP contribution in [0.4, 0.5) is 13.2 Å². The maximum Gasteiger partial charge on any atom is 0.433 e. The SMILES string of the molecule is CCCNC(Cc1nccc(C(F)(F)F)n1)C(C)(C)C. The van der Waals surface area contributed by atoms with E-state index in [0.717, 1.165) is 19.0 Å². The lowest BCUT2D eigenvalue weighted by Gasteiger charge is -2.31. The Balaban J connectivity index is 2.88. The zero-order chi connectivity index (χ0) is 15.4. The number of alkyl halides is 3. The van der Waals surface area contributed by atoms with Crippen LogP contribution in [0.5, 0.6) is 0 Å². The molecule has 0 spiro atoms. The summed E-state index contributed by atoms with van der Waals surface area (Å²) in [5.74, 6) is 0.225. The van der Waals surface area contributed by atoms with Crippen LogP contribution in [-0.2, 0) is 12.6 Å². The lowest BCUT2D eigenvalue weighted by Crippen LogP contribution is -2.42. The van der Waals surface area contributed by atoms with Crippen molar-refractivity contribution in [1.82, 2.24) is 15.3 Å². The number of rotatable bonds is 5. The molecule has 0 saturated heterocycles. The molecule has 0 bridgehead atoms. The van der Waals surface area contributed by atoms with Crippen molar-refractivity contribution in [3.63, 3.8) is 0 Å². The highest BCUT2D eigenvalue weighted by molar-refractivity contribution is 5.07. The minimum atomic E-state index is -4.42. The van der Waals surface area contributed by atoms with Gasteiger partial charge < -0.3 is 5.32 Å². The zero-order valence-corrected chi connectivity index (χ0v) is 12.4. The smallest absolute Gasteiger partial charge is 0.313 e. The molecule has 0 aromatic carbocycles. The summed E-state index contributed by atoms with van der Waals surface area (Å²) in [7, 11) is 0. The van der Waals surface area contributed by atoms with Crippen molar-refractivity contribution in [1.29, 1.82) is 0 Å². The second-order valence-electron chi connectivity index (χ2n) is 5.93. The standard InChI is InChI=1S/C14H22F3N3/c1-5-7-18-11(13(2,3)4)9-12-19-8-6-10(20-12)14(15,16)17/h6,8,11,18H,5,7,9H2,1-4H3. The van der Waals surface area contributed by atoms with Gasteiger partial charge in [-0.2, -0.15) is 13.2 Å². The van der Waals surface area contributed by atoms with Crippen LogP contribution in [0, 0.1) is 5.41 Å². The number of hydrogen-bond donors (Lipinski definition) is 1. The van der Waals surface area contributed by atoms with Crippen LogP contribution < -0.4 is 5.32 Å². The van der Waals surface area contributed by atoms with Crippen molar-refractivity contribution < 1.29 is 13.2 Å². The average Bonchev–Trinajstić information content (AvgIpc) is 2.32. The first-order valence-electron chi connectivity index (χ1n) is 6.77. The van der Waals surface area contributed by atoms with Crippen LogP contribution in [0.15, 0.2) is 12.3 Å². The monoisotopic (exact) mass is 289 g/mol. The van der Waals surface area contributed by atoms with Gasteiger partial charge in [-0.15, -0.1) is 0 Å². The summed E-state index contributed by atoms with van der Waals surface area (Å²) in [6.07, 6.45) is -1.90. The van der Waals surface area contributed by atoms with Crippen molar-refractivity contribution in [2.24, 2.45) is 5.41 Å². The first kappa shape index (κ1) is 16.9. The molecule has 6 heteroatoms. The quantitative estimate of drug-likeness (QED) is 0.902. The molecule has 0 aliphatic rings. The van der Waals surface area contributed by atoms with Gasteiger partial charge in [0.15, 0.2) is 0 Å². The molecule has 0 aliphatic carbocycles. The molecule has 1 rings (SSSR count). The fraction of sp³-hybridized carbons (Fsp3) is 0.714. The molecule has 114 valence electrons. The molecule has 1 atom stereocenters. The molecule has 0 radical (unpaired) electrons.